The van der Waals surface area contributed by atoms with E-state index in [1.54, 1.807) is 29.6 Å². The summed E-state index contributed by atoms with van der Waals surface area (Å²) in [5.74, 6) is -0.549. The lowest BCUT2D eigenvalue weighted by atomic mass is 10.1. The number of rotatable bonds is 6. The summed E-state index contributed by atoms with van der Waals surface area (Å²) in [6.45, 7) is 3.30. The molecule has 0 unspecified atom stereocenters. The van der Waals surface area contributed by atoms with Gasteiger partial charge in [-0.25, -0.2) is 4.79 Å². The molecule has 0 radical (unpaired) electrons. The molecule has 0 aliphatic rings. The van der Waals surface area contributed by atoms with Crippen LogP contribution in [0.15, 0.2) is 39.2 Å². The molecule has 0 fully saturated rings. The molecule has 0 saturated heterocycles. The monoisotopic (exact) mass is 386 g/mol. The standard InChI is InChI=1S/C18H18N4O4S/c1-3-7-21-17(25)16-14(10-27-20-16)22(18(21)26)9-15(24)19-13-6-4-5-12(8-13)11(2)23/h4-6,8,10H,3,7,9H2,1-2H3,(H,19,24). The Balaban J connectivity index is 1.94. The lowest BCUT2D eigenvalue weighted by Crippen LogP contribution is -2.41. The fourth-order valence-electron chi connectivity index (χ4n) is 2.77. The molecule has 27 heavy (non-hydrogen) atoms. The highest BCUT2D eigenvalue weighted by Crippen LogP contribution is 2.13. The number of amides is 1. The molecule has 1 amide bonds. The summed E-state index contributed by atoms with van der Waals surface area (Å²) in [7, 11) is 0. The van der Waals surface area contributed by atoms with Crippen LogP contribution in [0.25, 0.3) is 11.0 Å². The van der Waals surface area contributed by atoms with Gasteiger partial charge in [-0.1, -0.05) is 19.1 Å². The summed E-state index contributed by atoms with van der Waals surface area (Å²) in [6.07, 6.45) is 0.606. The Hall–Kier alpha value is -3.07. The van der Waals surface area contributed by atoms with Gasteiger partial charge in [0.2, 0.25) is 5.91 Å². The van der Waals surface area contributed by atoms with Crippen LogP contribution in [0.1, 0.15) is 30.6 Å². The fraction of sp³-hybridized carbons (Fsp3) is 0.278. The molecule has 1 aromatic carbocycles. The Kier molecular flexibility index (Phi) is 5.31. The molecule has 3 rings (SSSR count). The van der Waals surface area contributed by atoms with Gasteiger partial charge in [0.15, 0.2) is 11.3 Å². The highest BCUT2D eigenvalue weighted by atomic mass is 32.1. The minimum Gasteiger partial charge on any atom is -0.325 e. The van der Waals surface area contributed by atoms with Crippen LogP contribution in [0, 0.1) is 0 Å². The first-order valence-corrected chi connectivity index (χ1v) is 9.24. The Morgan fingerprint density at radius 2 is 2.00 bits per heavy atom. The van der Waals surface area contributed by atoms with Gasteiger partial charge in [0.05, 0.1) is 5.52 Å². The second kappa shape index (κ2) is 7.67. The van der Waals surface area contributed by atoms with Crippen molar-refractivity contribution >= 4 is 39.9 Å². The van der Waals surface area contributed by atoms with Crippen molar-refractivity contribution in [2.24, 2.45) is 0 Å². The van der Waals surface area contributed by atoms with Gasteiger partial charge in [-0.3, -0.25) is 23.5 Å². The molecule has 3 aromatic rings. The third-order valence-corrected chi connectivity index (χ3v) is 4.67. The summed E-state index contributed by atoms with van der Waals surface area (Å²) >= 11 is 1.06. The SMILES string of the molecule is CCCn1c(=O)c2nscc2n(CC(=O)Nc2cccc(C(C)=O)c2)c1=O. The lowest BCUT2D eigenvalue weighted by Gasteiger charge is -2.11. The number of benzene rings is 1. The maximum Gasteiger partial charge on any atom is 0.332 e. The van der Waals surface area contributed by atoms with Gasteiger partial charge < -0.3 is 5.32 Å². The first kappa shape index (κ1) is 18.7. The second-order valence-electron chi connectivity index (χ2n) is 6.06. The van der Waals surface area contributed by atoms with Gasteiger partial charge in [-0.05, 0) is 37.0 Å². The van der Waals surface area contributed by atoms with Gasteiger partial charge in [-0.2, -0.15) is 4.37 Å². The molecule has 2 aromatic heterocycles. The highest BCUT2D eigenvalue weighted by molar-refractivity contribution is 7.04. The lowest BCUT2D eigenvalue weighted by molar-refractivity contribution is -0.116. The summed E-state index contributed by atoms with van der Waals surface area (Å²) < 4.78 is 6.42. The molecular weight excluding hydrogens is 368 g/mol. The van der Waals surface area contributed by atoms with Gasteiger partial charge in [0.25, 0.3) is 5.56 Å². The highest BCUT2D eigenvalue weighted by Gasteiger charge is 2.17. The van der Waals surface area contributed by atoms with Crippen molar-refractivity contribution in [2.45, 2.75) is 33.4 Å². The van der Waals surface area contributed by atoms with Gasteiger partial charge in [-0.15, -0.1) is 0 Å². The number of hydrogen-bond acceptors (Lipinski definition) is 6. The van der Waals surface area contributed by atoms with Crippen LogP contribution in [-0.2, 0) is 17.9 Å². The third kappa shape index (κ3) is 3.72. The number of hydrogen-bond donors (Lipinski definition) is 1. The first-order valence-electron chi connectivity index (χ1n) is 8.41. The number of nitrogens with zero attached hydrogens (tertiary/aromatic N) is 3. The van der Waals surface area contributed by atoms with Crippen molar-refractivity contribution in [2.75, 3.05) is 5.32 Å². The van der Waals surface area contributed by atoms with Crippen LogP contribution in [0.5, 0.6) is 0 Å². The predicted octanol–water partition coefficient (Wildman–Crippen LogP) is 1.87. The molecule has 0 aliphatic carbocycles. The maximum absolute atomic E-state index is 12.7. The second-order valence-corrected chi connectivity index (χ2v) is 6.69. The van der Waals surface area contributed by atoms with Gasteiger partial charge in [0, 0.05) is 23.2 Å². The van der Waals surface area contributed by atoms with E-state index in [9.17, 15) is 19.2 Å². The Labute approximate surface area is 158 Å². The zero-order chi connectivity index (χ0) is 19.6. The number of carbonyl (C=O) groups excluding carboxylic acids is 2. The summed E-state index contributed by atoms with van der Waals surface area (Å²) in [5.41, 5.74) is 0.480. The number of Topliss-reactive ketones (excluding diaryl/α,β-unsaturated/α-hetero) is 1. The number of nitrogens with one attached hydrogen (secondary N) is 1. The molecule has 2 heterocycles. The van der Waals surface area contributed by atoms with Crippen LogP contribution in [0.2, 0.25) is 0 Å². The zero-order valence-corrected chi connectivity index (χ0v) is 15.7. The first-order chi connectivity index (χ1) is 12.9. The Morgan fingerprint density at radius 1 is 1.22 bits per heavy atom. The van der Waals surface area contributed by atoms with Crippen molar-refractivity contribution in [1.82, 2.24) is 13.5 Å². The molecule has 0 atom stereocenters. The summed E-state index contributed by atoms with van der Waals surface area (Å²) in [4.78, 5) is 49.0. The minimum absolute atomic E-state index is 0.111. The molecule has 1 N–H and O–H groups in total. The van der Waals surface area contributed by atoms with Gasteiger partial charge in [0.1, 0.15) is 6.54 Å². The third-order valence-electron chi connectivity index (χ3n) is 4.05. The normalized spacial score (nSPS) is 10.9. The number of ketones is 1. The molecule has 0 bridgehead atoms. The predicted molar refractivity (Wildman–Crippen MR) is 104 cm³/mol. The molecule has 0 aliphatic heterocycles. The van der Waals surface area contributed by atoms with E-state index in [1.165, 1.54) is 11.5 Å². The molecule has 9 heteroatoms. The number of carbonyl (C=O) groups is 2. The van der Waals surface area contributed by atoms with E-state index < -0.39 is 17.2 Å². The van der Waals surface area contributed by atoms with Crippen molar-refractivity contribution in [3.63, 3.8) is 0 Å². The smallest absolute Gasteiger partial charge is 0.325 e. The van der Waals surface area contributed by atoms with E-state index in [-0.39, 0.29) is 24.4 Å². The van der Waals surface area contributed by atoms with Crippen molar-refractivity contribution < 1.29 is 9.59 Å². The molecular formula is C18H18N4O4S. The molecule has 0 saturated carbocycles. The summed E-state index contributed by atoms with van der Waals surface area (Å²) in [5, 5.41) is 4.26. The van der Waals surface area contributed by atoms with E-state index in [2.05, 4.69) is 9.69 Å². The van der Waals surface area contributed by atoms with Crippen LogP contribution in [0.3, 0.4) is 0 Å². The van der Waals surface area contributed by atoms with E-state index in [4.69, 9.17) is 0 Å². The Bertz CT molecular complexity index is 1140. The molecule has 8 nitrogen and oxygen atoms in total. The quantitative estimate of drug-likeness (QED) is 0.652. The van der Waals surface area contributed by atoms with Crippen LogP contribution in [0.4, 0.5) is 5.69 Å². The van der Waals surface area contributed by atoms with E-state index in [0.717, 1.165) is 16.1 Å². The van der Waals surface area contributed by atoms with Crippen LogP contribution >= 0.6 is 11.5 Å². The van der Waals surface area contributed by atoms with Gasteiger partial charge >= 0.3 is 5.69 Å². The van der Waals surface area contributed by atoms with E-state index in [1.807, 2.05) is 6.92 Å². The maximum atomic E-state index is 12.7. The van der Waals surface area contributed by atoms with Crippen LogP contribution in [-0.4, -0.2) is 25.2 Å². The average molecular weight is 386 g/mol. The largest absolute Gasteiger partial charge is 0.332 e. The summed E-state index contributed by atoms with van der Waals surface area (Å²) in [6, 6.07) is 6.56. The molecule has 140 valence electrons. The van der Waals surface area contributed by atoms with Crippen LogP contribution < -0.4 is 16.6 Å². The average Bonchev–Trinajstić information content (AvgIpc) is 3.12. The van der Waals surface area contributed by atoms with Crippen molar-refractivity contribution in [3.8, 4) is 0 Å². The zero-order valence-electron chi connectivity index (χ0n) is 14.9. The number of fused-ring (bicyclic) bond motifs is 1. The molecule has 0 spiro atoms. The van der Waals surface area contributed by atoms with Crippen molar-refractivity contribution in [1.29, 1.82) is 0 Å². The Morgan fingerprint density at radius 3 is 2.70 bits per heavy atom. The fourth-order valence-corrected chi connectivity index (χ4v) is 3.44. The number of aromatic nitrogens is 3. The van der Waals surface area contributed by atoms with Crippen molar-refractivity contribution in [3.05, 3.63) is 56.0 Å². The minimum atomic E-state index is -0.540. The topological polar surface area (TPSA) is 103 Å². The van der Waals surface area contributed by atoms with E-state index in [0.29, 0.717) is 23.2 Å². The van der Waals surface area contributed by atoms with E-state index >= 15 is 0 Å². The number of anilines is 1.